The molecule has 0 aliphatic heterocycles. The van der Waals surface area contributed by atoms with Crippen molar-refractivity contribution in [2.24, 2.45) is 13.0 Å². The third-order valence-electron chi connectivity index (χ3n) is 2.44. The van der Waals surface area contributed by atoms with E-state index in [2.05, 4.69) is 10.4 Å². The van der Waals surface area contributed by atoms with Crippen molar-refractivity contribution in [1.82, 2.24) is 15.1 Å². The van der Waals surface area contributed by atoms with Crippen molar-refractivity contribution in [3.8, 4) is 0 Å². The molecule has 1 amide bonds. The molecule has 0 fully saturated rings. The van der Waals surface area contributed by atoms with E-state index in [1.54, 1.807) is 17.9 Å². The Morgan fingerprint density at radius 1 is 1.62 bits per heavy atom. The van der Waals surface area contributed by atoms with Crippen molar-refractivity contribution >= 4 is 17.5 Å². The van der Waals surface area contributed by atoms with Gasteiger partial charge < -0.3 is 5.32 Å². The number of carbonyl (C=O) groups is 1. The van der Waals surface area contributed by atoms with E-state index in [-0.39, 0.29) is 11.3 Å². The van der Waals surface area contributed by atoms with Crippen LogP contribution in [0.15, 0.2) is 6.20 Å². The number of halogens is 1. The van der Waals surface area contributed by atoms with Gasteiger partial charge in [-0.05, 0) is 12.8 Å². The van der Waals surface area contributed by atoms with Gasteiger partial charge in [0.25, 0.3) is 5.91 Å². The zero-order valence-electron chi connectivity index (χ0n) is 10.1. The molecule has 0 saturated carbocycles. The highest BCUT2D eigenvalue weighted by atomic mass is 35.5. The van der Waals surface area contributed by atoms with Gasteiger partial charge in [0.1, 0.15) is 0 Å². The Labute approximate surface area is 101 Å². The highest BCUT2D eigenvalue weighted by Crippen LogP contribution is 2.09. The number of nitrogens with one attached hydrogen (secondary N) is 1. The second kappa shape index (κ2) is 5.34. The fourth-order valence-corrected chi connectivity index (χ4v) is 1.42. The minimum Gasteiger partial charge on any atom is -0.350 e. The lowest BCUT2D eigenvalue weighted by atomic mass is 10.1. The van der Waals surface area contributed by atoms with Crippen molar-refractivity contribution in [2.75, 3.05) is 6.54 Å². The van der Waals surface area contributed by atoms with Crippen LogP contribution >= 0.6 is 11.6 Å². The molecule has 1 aromatic heterocycles. The largest absolute Gasteiger partial charge is 0.350 e. The van der Waals surface area contributed by atoms with Gasteiger partial charge in [-0.2, -0.15) is 5.10 Å². The summed E-state index contributed by atoms with van der Waals surface area (Å²) in [5.74, 6) is 0.230. The molecule has 4 nitrogen and oxygen atoms in total. The molecule has 0 saturated heterocycles. The summed E-state index contributed by atoms with van der Waals surface area (Å²) in [6, 6.07) is 0. The summed E-state index contributed by atoms with van der Waals surface area (Å²) in [6.45, 7) is 6.35. The first-order valence-corrected chi connectivity index (χ1v) is 5.78. The number of hydrogen-bond acceptors (Lipinski definition) is 2. The molecular weight excluding hydrogens is 226 g/mol. The van der Waals surface area contributed by atoms with Gasteiger partial charge in [0, 0.05) is 19.8 Å². The monoisotopic (exact) mass is 243 g/mol. The summed E-state index contributed by atoms with van der Waals surface area (Å²) >= 11 is 6.06. The molecule has 0 aromatic carbocycles. The standard InChI is InChI=1S/C11H18ClN3O/c1-7(2)10(12)5-13-11(16)9-6-15(4)14-8(9)3/h6-7,10H,5H2,1-4H3,(H,13,16). The molecule has 1 rings (SSSR count). The molecule has 1 aromatic rings. The number of hydrogen-bond donors (Lipinski definition) is 1. The highest BCUT2D eigenvalue weighted by molar-refractivity contribution is 6.21. The third-order valence-corrected chi connectivity index (χ3v) is 3.10. The lowest BCUT2D eigenvalue weighted by molar-refractivity contribution is 0.0951. The molecular formula is C11H18ClN3O. The average molecular weight is 244 g/mol. The predicted octanol–water partition coefficient (Wildman–Crippen LogP) is 1.72. The fourth-order valence-electron chi connectivity index (χ4n) is 1.34. The Morgan fingerprint density at radius 2 is 2.25 bits per heavy atom. The van der Waals surface area contributed by atoms with Gasteiger partial charge in [0.15, 0.2) is 0 Å². The van der Waals surface area contributed by atoms with E-state index >= 15 is 0 Å². The summed E-state index contributed by atoms with van der Waals surface area (Å²) < 4.78 is 1.63. The Bertz CT molecular complexity index is 373. The van der Waals surface area contributed by atoms with Crippen molar-refractivity contribution in [3.05, 3.63) is 17.5 Å². The van der Waals surface area contributed by atoms with Crippen LogP contribution in [0.1, 0.15) is 29.9 Å². The zero-order chi connectivity index (χ0) is 12.3. The smallest absolute Gasteiger partial charge is 0.254 e. The molecule has 0 bridgehead atoms. The SMILES string of the molecule is Cc1nn(C)cc1C(=O)NCC(Cl)C(C)C. The van der Waals surface area contributed by atoms with E-state index in [1.807, 2.05) is 20.8 Å². The summed E-state index contributed by atoms with van der Waals surface area (Å²) in [5, 5.41) is 6.89. The molecule has 0 radical (unpaired) electrons. The Morgan fingerprint density at radius 3 is 2.69 bits per heavy atom. The topological polar surface area (TPSA) is 46.9 Å². The van der Waals surface area contributed by atoms with Gasteiger partial charge in [-0.3, -0.25) is 9.48 Å². The van der Waals surface area contributed by atoms with Gasteiger partial charge in [-0.1, -0.05) is 13.8 Å². The Hall–Kier alpha value is -1.03. The van der Waals surface area contributed by atoms with Crippen LogP contribution in [-0.4, -0.2) is 27.6 Å². The van der Waals surface area contributed by atoms with E-state index < -0.39 is 0 Å². The molecule has 1 heterocycles. The van der Waals surface area contributed by atoms with Crippen LogP contribution in [0.4, 0.5) is 0 Å². The van der Waals surface area contributed by atoms with Gasteiger partial charge in [0.2, 0.25) is 0 Å². The average Bonchev–Trinajstić information content (AvgIpc) is 2.53. The normalized spacial score (nSPS) is 12.9. The lowest BCUT2D eigenvalue weighted by Gasteiger charge is -2.13. The Balaban J connectivity index is 2.56. The first kappa shape index (κ1) is 13.0. The van der Waals surface area contributed by atoms with Gasteiger partial charge in [0.05, 0.1) is 16.6 Å². The fraction of sp³-hybridized carbons (Fsp3) is 0.636. The van der Waals surface area contributed by atoms with Gasteiger partial charge >= 0.3 is 0 Å². The van der Waals surface area contributed by atoms with E-state index in [0.717, 1.165) is 5.69 Å². The summed E-state index contributed by atoms with van der Waals surface area (Å²) in [5.41, 5.74) is 1.34. The number of rotatable bonds is 4. The highest BCUT2D eigenvalue weighted by Gasteiger charge is 2.15. The van der Waals surface area contributed by atoms with Crippen molar-refractivity contribution in [1.29, 1.82) is 0 Å². The van der Waals surface area contributed by atoms with Crippen LogP contribution in [-0.2, 0) is 7.05 Å². The van der Waals surface area contributed by atoms with E-state index in [1.165, 1.54) is 0 Å². The molecule has 16 heavy (non-hydrogen) atoms. The summed E-state index contributed by atoms with van der Waals surface area (Å²) in [6.07, 6.45) is 1.71. The van der Waals surface area contributed by atoms with Crippen LogP contribution in [0, 0.1) is 12.8 Å². The minimum absolute atomic E-state index is 0.0408. The molecule has 0 aliphatic carbocycles. The maximum absolute atomic E-state index is 11.8. The van der Waals surface area contributed by atoms with Crippen LogP contribution < -0.4 is 5.32 Å². The van der Waals surface area contributed by atoms with E-state index in [0.29, 0.717) is 18.0 Å². The maximum Gasteiger partial charge on any atom is 0.254 e. The first-order valence-electron chi connectivity index (χ1n) is 5.34. The van der Waals surface area contributed by atoms with E-state index in [9.17, 15) is 4.79 Å². The van der Waals surface area contributed by atoms with Crippen molar-refractivity contribution < 1.29 is 4.79 Å². The lowest BCUT2D eigenvalue weighted by Crippen LogP contribution is -2.32. The number of nitrogens with zero attached hydrogens (tertiary/aromatic N) is 2. The van der Waals surface area contributed by atoms with E-state index in [4.69, 9.17) is 11.6 Å². The molecule has 1 unspecified atom stereocenters. The van der Waals surface area contributed by atoms with Gasteiger partial charge in [-0.15, -0.1) is 11.6 Å². The number of alkyl halides is 1. The number of amides is 1. The third kappa shape index (κ3) is 3.23. The van der Waals surface area contributed by atoms with Crippen LogP contribution in [0.5, 0.6) is 0 Å². The quantitative estimate of drug-likeness (QED) is 0.819. The summed E-state index contributed by atoms with van der Waals surface area (Å²) in [7, 11) is 1.79. The Kier molecular flexibility index (Phi) is 4.35. The van der Waals surface area contributed by atoms with Crippen LogP contribution in [0.2, 0.25) is 0 Å². The maximum atomic E-state index is 11.8. The minimum atomic E-state index is -0.114. The second-order valence-electron chi connectivity index (χ2n) is 4.27. The number of aryl methyl sites for hydroxylation is 2. The van der Waals surface area contributed by atoms with Crippen molar-refractivity contribution in [3.63, 3.8) is 0 Å². The second-order valence-corrected chi connectivity index (χ2v) is 4.83. The number of carbonyl (C=O) groups excluding carboxylic acids is 1. The molecule has 1 atom stereocenters. The first-order chi connectivity index (χ1) is 7.41. The molecule has 0 spiro atoms. The number of aromatic nitrogens is 2. The zero-order valence-corrected chi connectivity index (χ0v) is 10.9. The van der Waals surface area contributed by atoms with Crippen molar-refractivity contribution in [2.45, 2.75) is 26.1 Å². The van der Waals surface area contributed by atoms with Crippen LogP contribution in [0.3, 0.4) is 0 Å². The predicted molar refractivity (Wildman–Crippen MR) is 64.8 cm³/mol. The van der Waals surface area contributed by atoms with Gasteiger partial charge in [-0.25, -0.2) is 0 Å². The van der Waals surface area contributed by atoms with Crippen LogP contribution in [0.25, 0.3) is 0 Å². The summed E-state index contributed by atoms with van der Waals surface area (Å²) in [4.78, 5) is 11.8. The molecule has 90 valence electrons. The molecule has 1 N–H and O–H groups in total. The molecule has 5 heteroatoms. The molecule has 0 aliphatic rings.